The summed E-state index contributed by atoms with van der Waals surface area (Å²) in [5, 5.41) is 0. The fourth-order valence-corrected chi connectivity index (χ4v) is 3.23. The molecule has 0 atom stereocenters. The third-order valence-corrected chi connectivity index (χ3v) is 4.97. The first-order valence-corrected chi connectivity index (χ1v) is 8.51. The number of methoxy groups -OCH3 is 2. The molecule has 5 nitrogen and oxygen atoms in total. The van der Waals surface area contributed by atoms with E-state index in [1.165, 1.54) is 14.2 Å². The topological polar surface area (TPSA) is 54.0 Å². The van der Waals surface area contributed by atoms with E-state index in [-0.39, 0.29) is 5.56 Å². The lowest BCUT2D eigenvalue weighted by atomic mass is 9.75. The Morgan fingerprint density at radius 2 is 1.83 bits per heavy atom. The molecule has 0 amide bonds. The van der Waals surface area contributed by atoms with Gasteiger partial charge in [-0.05, 0) is 56.6 Å². The van der Waals surface area contributed by atoms with Gasteiger partial charge < -0.3 is 9.47 Å². The lowest BCUT2D eigenvalue weighted by molar-refractivity contribution is -0.320. The third kappa shape index (κ3) is 4.20. The van der Waals surface area contributed by atoms with E-state index in [4.69, 9.17) is 19.2 Å². The minimum absolute atomic E-state index is 0.288. The second kappa shape index (κ2) is 7.88. The third-order valence-electron chi connectivity index (χ3n) is 4.97. The standard InChI is InChI=1S/C19H28O5/c1-13(2)14-9-11-19(3,12-10-14)24-23-18(20)15-7-6-8-16(21-4)17(15)22-5/h6-8,13-14H,9-12H2,1-5H3. The summed E-state index contributed by atoms with van der Waals surface area (Å²) >= 11 is 0. The van der Waals surface area contributed by atoms with Crippen molar-refractivity contribution in [3.05, 3.63) is 23.8 Å². The molecule has 0 aliphatic heterocycles. The largest absolute Gasteiger partial charge is 0.493 e. The van der Waals surface area contributed by atoms with Crippen LogP contribution in [0, 0.1) is 11.8 Å². The van der Waals surface area contributed by atoms with Gasteiger partial charge in [-0.2, -0.15) is 4.89 Å². The molecule has 0 bridgehead atoms. The molecule has 134 valence electrons. The van der Waals surface area contributed by atoms with Gasteiger partial charge in [-0.15, -0.1) is 0 Å². The summed E-state index contributed by atoms with van der Waals surface area (Å²) in [7, 11) is 3.02. The predicted molar refractivity (Wildman–Crippen MR) is 91.2 cm³/mol. The lowest BCUT2D eigenvalue weighted by Crippen LogP contribution is -2.36. The second-order valence-corrected chi connectivity index (χ2v) is 7.03. The van der Waals surface area contributed by atoms with Crippen molar-refractivity contribution in [3.63, 3.8) is 0 Å². The minimum atomic E-state index is -0.571. The van der Waals surface area contributed by atoms with Crippen LogP contribution in [0.3, 0.4) is 0 Å². The Kier molecular flexibility index (Phi) is 6.10. The van der Waals surface area contributed by atoms with E-state index in [0.717, 1.165) is 31.6 Å². The molecule has 1 aliphatic rings. The Labute approximate surface area is 144 Å². The van der Waals surface area contributed by atoms with E-state index in [2.05, 4.69) is 13.8 Å². The van der Waals surface area contributed by atoms with Crippen molar-refractivity contribution in [1.29, 1.82) is 0 Å². The summed E-state index contributed by atoms with van der Waals surface area (Å²) in [6.07, 6.45) is 3.96. The van der Waals surface area contributed by atoms with Crippen LogP contribution in [0.5, 0.6) is 11.5 Å². The highest BCUT2D eigenvalue weighted by Gasteiger charge is 2.35. The van der Waals surface area contributed by atoms with Crippen LogP contribution in [0.1, 0.15) is 56.8 Å². The molecule has 1 aliphatic carbocycles. The summed E-state index contributed by atoms with van der Waals surface area (Å²) in [6.45, 7) is 6.51. The van der Waals surface area contributed by atoms with Gasteiger partial charge in [0.15, 0.2) is 11.5 Å². The number of benzene rings is 1. The van der Waals surface area contributed by atoms with E-state index in [9.17, 15) is 4.79 Å². The van der Waals surface area contributed by atoms with Crippen molar-refractivity contribution in [2.45, 2.75) is 52.1 Å². The molecule has 1 fully saturated rings. The Balaban J connectivity index is 1.99. The summed E-state index contributed by atoms with van der Waals surface area (Å²) in [5.41, 5.74) is -0.135. The smallest absolute Gasteiger partial charge is 0.376 e. The van der Waals surface area contributed by atoms with E-state index in [0.29, 0.717) is 17.4 Å². The molecule has 0 aromatic heterocycles. The van der Waals surface area contributed by atoms with Crippen molar-refractivity contribution in [3.8, 4) is 11.5 Å². The highest BCUT2D eigenvalue weighted by molar-refractivity contribution is 5.93. The summed E-state index contributed by atoms with van der Waals surface area (Å²) in [6, 6.07) is 5.07. The van der Waals surface area contributed by atoms with Gasteiger partial charge in [-0.1, -0.05) is 19.9 Å². The normalized spacial score (nSPS) is 23.8. The van der Waals surface area contributed by atoms with Crippen molar-refractivity contribution in [1.82, 2.24) is 0 Å². The first-order chi connectivity index (χ1) is 11.4. The molecule has 1 aromatic rings. The fourth-order valence-electron chi connectivity index (χ4n) is 3.23. The van der Waals surface area contributed by atoms with Crippen LogP contribution >= 0.6 is 0 Å². The van der Waals surface area contributed by atoms with Crippen LogP contribution in [0.15, 0.2) is 18.2 Å². The maximum absolute atomic E-state index is 12.4. The van der Waals surface area contributed by atoms with E-state index in [1.54, 1.807) is 18.2 Å². The first-order valence-electron chi connectivity index (χ1n) is 8.51. The maximum atomic E-state index is 12.4. The molecular formula is C19H28O5. The zero-order valence-electron chi connectivity index (χ0n) is 15.3. The highest BCUT2D eigenvalue weighted by Crippen LogP contribution is 2.38. The SMILES string of the molecule is COc1cccc(C(=O)OOC2(C)CCC(C(C)C)CC2)c1OC. The number of hydrogen-bond acceptors (Lipinski definition) is 5. The van der Waals surface area contributed by atoms with Crippen molar-refractivity contribution < 1.29 is 24.0 Å². The fraction of sp³-hybridized carbons (Fsp3) is 0.632. The molecule has 1 saturated carbocycles. The van der Waals surface area contributed by atoms with E-state index >= 15 is 0 Å². The zero-order chi connectivity index (χ0) is 17.7. The second-order valence-electron chi connectivity index (χ2n) is 7.03. The van der Waals surface area contributed by atoms with Crippen molar-refractivity contribution in [2.24, 2.45) is 11.8 Å². The van der Waals surface area contributed by atoms with E-state index in [1.807, 2.05) is 6.92 Å². The van der Waals surface area contributed by atoms with E-state index < -0.39 is 11.6 Å². The van der Waals surface area contributed by atoms with Crippen LogP contribution in [-0.4, -0.2) is 25.8 Å². The minimum Gasteiger partial charge on any atom is -0.493 e. The average Bonchev–Trinajstić information content (AvgIpc) is 2.59. The molecule has 0 N–H and O–H groups in total. The van der Waals surface area contributed by atoms with Crippen LogP contribution < -0.4 is 9.47 Å². The van der Waals surface area contributed by atoms with Crippen LogP contribution in [0.4, 0.5) is 0 Å². The molecule has 0 saturated heterocycles. The van der Waals surface area contributed by atoms with Gasteiger partial charge in [0.25, 0.3) is 0 Å². The number of ether oxygens (including phenoxy) is 2. The number of hydrogen-bond donors (Lipinski definition) is 0. The molecule has 2 rings (SSSR count). The van der Waals surface area contributed by atoms with Crippen LogP contribution in [0.2, 0.25) is 0 Å². The summed E-state index contributed by atoms with van der Waals surface area (Å²) in [4.78, 5) is 23.0. The molecule has 0 spiro atoms. The number of carbonyl (C=O) groups is 1. The molecule has 0 unspecified atom stereocenters. The highest BCUT2D eigenvalue weighted by atomic mass is 17.2. The molecule has 5 heteroatoms. The Morgan fingerprint density at radius 1 is 1.17 bits per heavy atom. The molecule has 24 heavy (non-hydrogen) atoms. The van der Waals surface area contributed by atoms with Gasteiger partial charge in [0.05, 0.1) is 14.2 Å². The Bertz CT molecular complexity index is 559. The number of carbonyl (C=O) groups excluding carboxylic acids is 1. The van der Waals surface area contributed by atoms with Gasteiger partial charge >= 0.3 is 5.97 Å². The number of rotatable bonds is 6. The summed E-state index contributed by atoms with van der Waals surface area (Å²) in [5.74, 6) is 1.66. The molecule has 0 heterocycles. The Hall–Kier alpha value is -1.75. The zero-order valence-corrected chi connectivity index (χ0v) is 15.3. The van der Waals surface area contributed by atoms with Gasteiger partial charge in [0, 0.05) is 0 Å². The van der Waals surface area contributed by atoms with Crippen molar-refractivity contribution >= 4 is 5.97 Å². The molecular weight excluding hydrogens is 308 g/mol. The monoisotopic (exact) mass is 336 g/mol. The maximum Gasteiger partial charge on any atom is 0.376 e. The molecule has 1 aromatic carbocycles. The first kappa shape index (κ1) is 18.6. The molecule has 0 radical (unpaired) electrons. The van der Waals surface area contributed by atoms with Gasteiger partial charge in [-0.25, -0.2) is 4.79 Å². The van der Waals surface area contributed by atoms with Crippen molar-refractivity contribution in [2.75, 3.05) is 14.2 Å². The van der Waals surface area contributed by atoms with Gasteiger partial charge in [-0.3, -0.25) is 4.89 Å². The van der Waals surface area contributed by atoms with Crippen LogP contribution in [0.25, 0.3) is 0 Å². The van der Waals surface area contributed by atoms with Crippen LogP contribution in [-0.2, 0) is 9.78 Å². The lowest BCUT2D eigenvalue weighted by Gasteiger charge is -2.36. The Morgan fingerprint density at radius 3 is 2.38 bits per heavy atom. The quantitative estimate of drug-likeness (QED) is 0.569. The summed E-state index contributed by atoms with van der Waals surface area (Å²) < 4.78 is 10.5. The predicted octanol–water partition coefficient (Wildman–Crippen LogP) is 4.40. The van der Waals surface area contributed by atoms with Gasteiger partial charge in [0.1, 0.15) is 11.2 Å². The number of para-hydroxylation sites is 1. The average molecular weight is 336 g/mol. The van der Waals surface area contributed by atoms with Gasteiger partial charge in [0.2, 0.25) is 0 Å².